The van der Waals surface area contributed by atoms with Gasteiger partial charge in [-0.25, -0.2) is 17.9 Å². The van der Waals surface area contributed by atoms with Gasteiger partial charge in [0.25, 0.3) is 0 Å². The Morgan fingerprint density at radius 2 is 1.89 bits per heavy atom. The van der Waals surface area contributed by atoms with Gasteiger partial charge in [-0.05, 0) is 41.5 Å². The minimum atomic E-state index is -3.46. The van der Waals surface area contributed by atoms with Crippen molar-refractivity contribution in [2.45, 2.75) is 13.1 Å². The number of fused-ring (bicyclic) bond motifs is 2. The van der Waals surface area contributed by atoms with E-state index >= 15 is 0 Å². The van der Waals surface area contributed by atoms with Gasteiger partial charge in [0.05, 0.1) is 48.7 Å². The quantitative estimate of drug-likeness (QED) is 0.378. The minimum Gasteiger partial charge on any atom is -0.495 e. The van der Waals surface area contributed by atoms with Crippen molar-refractivity contribution in [2.24, 2.45) is 5.73 Å². The Hall–Kier alpha value is -4.16. The Labute approximate surface area is 214 Å². The summed E-state index contributed by atoms with van der Waals surface area (Å²) < 4.78 is 33.0. The number of methoxy groups -OCH3 is 1. The normalized spacial score (nSPS) is 13.0. The van der Waals surface area contributed by atoms with Crippen molar-refractivity contribution in [2.75, 3.05) is 36.6 Å². The summed E-state index contributed by atoms with van der Waals surface area (Å²) in [5.74, 6) is 0.808. The third-order valence-electron chi connectivity index (χ3n) is 6.43. The predicted molar refractivity (Wildman–Crippen MR) is 141 cm³/mol. The van der Waals surface area contributed by atoms with E-state index < -0.39 is 10.0 Å². The maximum Gasteiger partial charge on any atom is 0.245 e. The van der Waals surface area contributed by atoms with Crippen molar-refractivity contribution >= 4 is 38.8 Å². The molecule has 0 atom stereocenters. The lowest BCUT2D eigenvalue weighted by Crippen LogP contribution is -2.31. The number of carbonyl (C=O) groups is 1. The molecule has 0 radical (unpaired) electrons. The highest BCUT2D eigenvalue weighted by Crippen LogP contribution is 2.35. The molecule has 192 valence electrons. The molecule has 3 N–H and O–H groups in total. The van der Waals surface area contributed by atoms with Gasteiger partial charge in [-0.15, -0.1) is 5.10 Å². The second-order valence-electron chi connectivity index (χ2n) is 8.78. The Bertz CT molecular complexity index is 1620. The van der Waals surface area contributed by atoms with Crippen molar-refractivity contribution in [1.82, 2.24) is 19.5 Å². The molecule has 2 aromatic heterocycles. The zero-order valence-corrected chi connectivity index (χ0v) is 21.5. The van der Waals surface area contributed by atoms with E-state index in [0.717, 1.165) is 16.6 Å². The number of amides is 1. The lowest BCUT2D eigenvalue weighted by atomic mass is 10.1. The molecule has 0 unspecified atom stereocenters. The molecule has 0 saturated carbocycles. The molecule has 0 spiro atoms. The molecule has 0 fully saturated rings. The van der Waals surface area contributed by atoms with Crippen LogP contribution in [0.1, 0.15) is 11.1 Å². The fourth-order valence-corrected chi connectivity index (χ4v) is 4.94. The fraction of sp³-hybridized carbons (Fsp3) is 0.240. The topological polar surface area (TPSA) is 135 Å². The number of nitrogens with one attached hydrogen (secondary N) is 1. The Morgan fingerprint density at radius 3 is 2.59 bits per heavy atom. The van der Waals surface area contributed by atoms with Gasteiger partial charge >= 0.3 is 0 Å². The average molecular weight is 522 g/mol. The number of aromatic nitrogens is 3. The van der Waals surface area contributed by atoms with E-state index in [2.05, 4.69) is 15.4 Å². The number of rotatable bonds is 7. The van der Waals surface area contributed by atoms with Crippen LogP contribution < -0.4 is 20.1 Å². The molecule has 37 heavy (non-hydrogen) atoms. The molecule has 1 aliphatic rings. The van der Waals surface area contributed by atoms with Crippen molar-refractivity contribution in [3.8, 4) is 17.0 Å². The summed E-state index contributed by atoms with van der Waals surface area (Å²) in [5.41, 5.74) is 10.9. The number of ether oxygens (including phenoxy) is 1. The molecule has 11 nitrogen and oxygen atoms in total. The van der Waals surface area contributed by atoms with Gasteiger partial charge < -0.3 is 20.7 Å². The summed E-state index contributed by atoms with van der Waals surface area (Å²) in [4.78, 5) is 18.2. The Morgan fingerprint density at radius 1 is 1.16 bits per heavy atom. The van der Waals surface area contributed by atoms with Gasteiger partial charge in [0.15, 0.2) is 0 Å². The highest BCUT2D eigenvalue weighted by Gasteiger charge is 2.25. The SMILES string of the molecule is COc1cc2c(cc1Nc1ncc3ccc(-c4ccccc4N(C)S(C)(=O)=O)n3n1)CN(C(=O)CN)C2. The number of para-hydroxylation sites is 1. The van der Waals surface area contributed by atoms with Crippen LogP contribution in [0.5, 0.6) is 5.75 Å². The van der Waals surface area contributed by atoms with Crippen LogP contribution in [0.2, 0.25) is 0 Å². The maximum absolute atomic E-state index is 12.2. The van der Waals surface area contributed by atoms with E-state index in [1.165, 1.54) is 17.6 Å². The van der Waals surface area contributed by atoms with Crippen molar-refractivity contribution in [3.63, 3.8) is 0 Å². The smallest absolute Gasteiger partial charge is 0.245 e. The van der Waals surface area contributed by atoms with Crippen LogP contribution in [0.15, 0.2) is 54.7 Å². The number of carbonyl (C=O) groups excluding carboxylic acids is 1. The molecule has 1 aliphatic heterocycles. The van der Waals surface area contributed by atoms with Crippen LogP contribution in [-0.2, 0) is 27.9 Å². The lowest BCUT2D eigenvalue weighted by Gasteiger charge is -2.20. The third kappa shape index (κ3) is 4.56. The van der Waals surface area contributed by atoms with E-state index in [9.17, 15) is 13.2 Å². The standard InChI is InChI=1S/C25H27N7O4S/c1-30(37(3,34)35)21-7-5-4-6-19(21)22-9-8-18-13-27-25(29-32(18)22)28-20-10-16-14-31(24(33)12-26)15-17(16)11-23(20)36-2/h4-11,13H,12,14-15,26H2,1-3H3,(H,28,29). The van der Waals surface area contributed by atoms with Gasteiger partial charge in [0, 0.05) is 25.7 Å². The molecular formula is C25H27N7O4S. The molecule has 0 bridgehead atoms. The van der Waals surface area contributed by atoms with Crippen LogP contribution in [-0.4, -0.2) is 60.8 Å². The molecule has 3 heterocycles. The van der Waals surface area contributed by atoms with E-state index in [1.807, 2.05) is 36.4 Å². The molecule has 12 heteroatoms. The number of nitrogens with zero attached hydrogens (tertiary/aromatic N) is 5. The number of nitrogens with two attached hydrogens (primary N) is 1. The maximum atomic E-state index is 12.2. The molecule has 2 aromatic carbocycles. The molecular weight excluding hydrogens is 494 g/mol. The van der Waals surface area contributed by atoms with Gasteiger partial charge in [-0.2, -0.15) is 0 Å². The molecule has 0 aliphatic carbocycles. The van der Waals surface area contributed by atoms with Crippen LogP contribution >= 0.6 is 0 Å². The van der Waals surface area contributed by atoms with E-state index in [1.54, 1.807) is 34.9 Å². The lowest BCUT2D eigenvalue weighted by molar-refractivity contribution is -0.130. The number of sulfonamides is 1. The summed E-state index contributed by atoms with van der Waals surface area (Å²) in [6, 6.07) is 14.8. The second kappa shape index (κ2) is 9.37. The number of hydrogen-bond donors (Lipinski definition) is 2. The van der Waals surface area contributed by atoms with Gasteiger partial charge in [-0.1, -0.05) is 18.2 Å². The van der Waals surface area contributed by atoms with Gasteiger partial charge in [-0.3, -0.25) is 9.10 Å². The predicted octanol–water partition coefficient (Wildman–Crippen LogP) is 2.35. The number of anilines is 3. The summed E-state index contributed by atoms with van der Waals surface area (Å²) in [7, 11) is -0.362. The first kappa shape index (κ1) is 24.5. The van der Waals surface area contributed by atoms with E-state index in [4.69, 9.17) is 10.5 Å². The van der Waals surface area contributed by atoms with Crippen molar-refractivity contribution in [1.29, 1.82) is 0 Å². The average Bonchev–Trinajstić information content (AvgIpc) is 3.50. The molecule has 0 saturated heterocycles. The first-order valence-electron chi connectivity index (χ1n) is 11.5. The van der Waals surface area contributed by atoms with E-state index in [0.29, 0.717) is 47.4 Å². The van der Waals surface area contributed by atoms with Crippen LogP contribution in [0.3, 0.4) is 0 Å². The highest BCUT2D eigenvalue weighted by atomic mass is 32.2. The second-order valence-corrected chi connectivity index (χ2v) is 10.8. The Kier molecular flexibility index (Phi) is 6.21. The summed E-state index contributed by atoms with van der Waals surface area (Å²) >= 11 is 0. The van der Waals surface area contributed by atoms with Crippen LogP contribution in [0.25, 0.3) is 16.8 Å². The molecule has 5 rings (SSSR count). The van der Waals surface area contributed by atoms with Crippen molar-refractivity contribution in [3.05, 3.63) is 65.9 Å². The van der Waals surface area contributed by atoms with Gasteiger partial charge in [0.2, 0.25) is 21.9 Å². The number of hydrogen-bond acceptors (Lipinski definition) is 8. The number of benzene rings is 2. The first-order valence-corrected chi connectivity index (χ1v) is 13.4. The zero-order valence-electron chi connectivity index (χ0n) is 20.7. The highest BCUT2D eigenvalue weighted by molar-refractivity contribution is 7.92. The molecule has 4 aromatic rings. The largest absolute Gasteiger partial charge is 0.495 e. The fourth-order valence-electron chi connectivity index (χ4n) is 4.43. The third-order valence-corrected chi connectivity index (χ3v) is 7.62. The Balaban J connectivity index is 1.52. The van der Waals surface area contributed by atoms with Crippen LogP contribution in [0, 0.1) is 0 Å². The summed E-state index contributed by atoms with van der Waals surface area (Å²) in [6.45, 7) is 0.918. The molecule has 1 amide bonds. The summed E-state index contributed by atoms with van der Waals surface area (Å²) in [6.07, 6.45) is 2.85. The summed E-state index contributed by atoms with van der Waals surface area (Å²) in [5, 5.41) is 7.92. The first-order chi connectivity index (χ1) is 17.7. The zero-order chi connectivity index (χ0) is 26.3. The minimum absolute atomic E-state index is 0.0353. The van der Waals surface area contributed by atoms with Crippen molar-refractivity contribution < 1.29 is 17.9 Å². The van der Waals surface area contributed by atoms with E-state index in [-0.39, 0.29) is 12.5 Å². The van der Waals surface area contributed by atoms with Gasteiger partial charge in [0.1, 0.15) is 5.75 Å². The van der Waals surface area contributed by atoms with Crippen LogP contribution in [0.4, 0.5) is 17.3 Å². The monoisotopic (exact) mass is 521 g/mol.